The summed E-state index contributed by atoms with van der Waals surface area (Å²) in [4.78, 5) is 7.60. The highest BCUT2D eigenvalue weighted by Crippen LogP contribution is 2.44. The number of pyridine rings is 1. The summed E-state index contributed by atoms with van der Waals surface area (Å²) in [7, 11) is 0. The van der Waals surface area contributed by atoms with E-state index in [1.165, 1.54) is 47.5 Å². The fourth-order valence-corrected chi connectivity index (χ4v) is 9.20. The van der Waals surface area contributed by atoms with E-state index in [9.17, 15) is 0 Å². The minimum absolute atomic E-state index is 0.866. The van der Waals surface area contributed by atoms with Gasteiger partial charge in [-0.15, -0.1) is 11.3 Å². The molecule has 0 amide bonds. The van der Waals surface area contributed by atoms with Gasteiger partial charge in [0, 0.05) is 75.8 Å². The van der Waals surface area contributed by atoms with E-state index in [1.54, 1.807) is 0 Å². The maximum Gasteiger partial charge on any atom is 0.137 e. The molecular weight excluding hydrogens is 665 g/mol. The normalized spacial score (nSPS) is 11.8. The third kappa shape index (κ3) is 4.84. The molecule has 0 unspecified atom stereocenters. The summed E-state index contributed by atoms with van der Waals surface area (Å²) >= 11 is 1.87. The van der Waals surface area contributed by atoms with Gasteiger partial charge in [-0.2, -0.15) is 0 Å². The summed E-state index contributed by atoms with van der Waals surface area (Å²) in [6.45, 7) is 0. The van der Waals surface area contributed by atoms with Gasteiger partial charge in [0.15, 0.2) is 0 Å². The lowest BCUT2D eigenvalue weighted by molar-refractivity contribution is 0.669. The summed E-state index contributed by atoms with van der Waals surface area (Å²) in [5, 5.41) is 8.46. The Kier molecular flexibility index (Phi) is 6.73. The van der Waals surface area contributed by atoms with E-state index >= 15 is 0 Å². The van der Waals surface area contributed by atoms with Crippen molar-refractivity contribution in [2.75, 3.05) is 4.90 Å². The Balaban J connectivity index is 1.07. The number of nitrogens with zero attached hydrogens (tertiary/aromatic N) is 2. The highest BCUT2D eigenvalue weighted by molar-refractivity contribution is 7.26. The molecule has 3 heterocycles. The van der Waals surface area contributed by atoms with Crippen LogP contribution in [-0.4, -0.2) is 4.98 Å². The average Bonchev–Trinajstić information content (AvgIpc) is 3.80. The molecular formula is C49H30N2OS. The summed E-state index contributed by atoms with van der Waals surface area (Å²) in [6, 6.07) is 64.7. The Bertz CT molecular complexity index is 3160. The van der Waals surface area contributed by atoms with E-state index in [-0.39, 0.29) is 0 Å². The van der Waals surface area contributed by atoms with E-state index in [2.05, 4.69) is 175 Å². The Labute approximate surface area is 309 Å². The third-order valence-corrected chi connectivity index (χ3v) is 11.7. The van der Waals surface area contributed by atoms with E-state index in [0.717, 1.165) is 55.8 Å². The molecule has 11 aromatic rings. The largest absolute Gasteiger partial charge is 0.456 e. The Morgan fingerprint density at radius 1 is 0.415 bits per heavy atom. The first kappa shape index (κ1) is 29.9. The second kappa shape index (κ2) is 11.9. The molecule has 3 nitrogen and oxygen atoms in total. The van der Waals surface area contributed by atoms with Crippen LogP contribution in [-0.2, 0) is 0 Å². The number of furan rings is 1. The molecule has 0 N–H and O–H groups in total. The summed E-state index contributed by atoms with van der Waals surface area (Å²) in [5.74, 6) is 0. The summed E-state index contributed by atoms with van der Waals surface area (Å²) in [5.41, 5.74) is 10.4. The number of hydrogen-bond donors (Lipinski definition) is 0. The van der Waals surface area contributed by atoms with Gasteiger partial charge in [-0.05, 0) is 65.7 Å². The Morgan fingerprint density at radius 2 is 1.00 bits per heavy atom. The summed E-state index contributed by atoms with van der Waals surface area (Å²) < 4.78 is 8.98. The molecule has 0 aliphatic heterocycles. The quantitative estimate of drug-likeness (QED) is 0.168. The van der Waals surface area contributed by atoms with Gasteiger partial charge in [0.1, 0.15) is 11.2 Å². The molecule has 248 valence electrons. The minimum Gasteiger partial charge on any atom is -0.456 e. The number of hydrogen-bond acceptors (Lipinski definition) is 4. The van der Waals surface area contributed by atoms with Crippen LogP contribution in [0.4, 0.5) is 17.1 Å². The first-order chi connectivity index (χ1) is 26.3. The van der Waals surface area contributed by atoms with Gasteiger partial charge in [0.05, 0.1) is 11.2 Å². The van der Waals surface area contributed by atoms with E-state index in [4.69, 9.17) is 9.40 Å². The first-order valence-corrected chi connectivity index (χ1v) is 18.7. The van der Waals surface area contributed by atoms with Crippen LogP contribution in [0.2, 0.25) is 0 Å². The number of rotatable bonds is 5. The standard InChI is InChI=1S/C49H30N2OS/c1-2-10-31(11-3-1)32-18-22-34(23-19-32)51(36-26-27-38-37-12-5-8-16-44(37)52-45(38)30-36)35-24-20-33(21-25-35)48-42-29-28-40-39-13-6-9-17-46(39)53-49(40)47(42)41-14-4-7-15-43(41)50-48/h1-30H. The number of thiophene rings is 1. The van der Waals surface area contributed by atoms with Gasteiger partial charge in [0.25, 0.3) is 0 Å². The van der Waals surface area contributed by atoms with Crippen molar-refractivity contribution in [3.8, 4) is 22.4 Å². The lowest BCUT2D eigenvalue weighted by Crippen LogP contribution is -2.09. The van der Waals surface area contributed by atoms with Crippen molar-refractivity contribution < 1.29 is 4.42 Å². The second-order valence-electron chi connectivity index (χ2n) is 13.5. The molecule has 0 saturated heterocycles. The van der Waals surface area contributed by atoms with Crippen LogP contribution in [0.25, 0.3) is 86.2 Å². The maximum atomic E-state index is 6.36. The van der Waals surface area contributed by atoms with Crippen molar-refractivity contribution in [3.63, 3.8) is 0 Å². The minimum atomic E-state index is 0.866. The molecule has 0 saturated carbocycles. The van der Waals surface area contributed by atoms with E-state index < -0.39 is 0 Å². The van der Waals surface area contributed by atoms with Crippen LogP contribution in [0, 0.1) is 0 Å². The predicted octanol–water partition coefficient (Wildman–Crippen LogP) is 14.5. The molecule has 0 atom stereocenters. The predicted molar refractivity (Wildman–Crippen MR) is 225 cm³/mol. The Morgan fingerprint density at radius 3 is 1.81 bits per heavy atom. The monoisotopic (exact) mass is 694 g/mol. The number of para-hydroxylation sites is 2. The SMILES string of the molecule is c1ccc(-c2ccc(N(c3ccc(-c4nc5ccccc5c5c4ccc4c6ccccc6sc45)cc3)c3ccc4c(c3)oc3ccccc34)cc2)cc1. The zero-order chi connectivity index (χ0) is 34.9. The topological polar surface area (TPSA) is 29.3 Å². The van der Waals surface area contributed by atoms with Gasteiger partial charge >= 0.3 is 0 Å². The van der Waals surface area contributed by atoms with Gasteiger partial charge in [0.2, 0.25) is 0 Å². The number of fused-ring (bicyclic) bond motifs is 10. The molecule has 11 rings (SSSR count). The molecule has 53 heavy (non-hydrogen) atoms. The van der Waals surface area contributed by atoms with Crippen LogP contribution < -0.4 is 4.90 Å². The zero-order valence-electron chi connectivity index (χ0n) is 28.5. The third-order valence-electron chi connectivity index (χ3n) is 10.5. The van der Waals surface area contributed by atoms with E-state index in [1.807, 2.05) is 23.5 Å². The first-order valence-electron chi connectivity index (χ1n) is 17.9. The molecule has 0 aliphatic rings. The van der Waals surface area contributed by atoms with Crippen molar-refractivity contribution >= 4 is 92.2 Å². The van der Waals surface area contributed by atoms with E-state index in [0.29, 0.717) is 0 Å². The van der Waals surface area contributed by atoms with Crippen LogP contribution >= 0.6 is 11.3 Å². The lowest BCUT2D eigenvalue weighted by atomic mass is 9.98. The van der Waals surface area contributed by atoms with Crippen LogP contribution in [0.3, 0.4) is 0 Å². The fourth-order valence-electron chi connectivity index (χ4n) is 7.94. The lowest BCUT2D eigenvalue weighted by Gasteiger charge is -2.26. The summed E-state index contributed by atoms with van der Waals surface area (Å²) in [6.07, 6.45) is 0. The molecule has 4 heteroatoms. The molecule has 0 bridgehead atoms. The Hall–Kier alpha value is -6.75. The molecule has 0 spiro atoms. The van der Waals surface area contributed by atoms with Crippen molar-refractivity contribution in [1.29, 1.82) is 0 Å². The molecule has 0 radical (unpaired) electrons. The van der Waals surface area contributed by atoms with Gasteiger partial charge in [-0.3, -0.25) is 0 Å². The molecule has 0 fully saturated rings. The molecule has 8 aromatic carbocycles. The van der Waals surface area contributed by atoms with Gasteiger partial charge < -0.3 is 9.32 Å². The van der Waals surface area contributed by atoms with Crippen molar-refractivity contribution in [2.45, 2.75) is 0 Å². The highest BCUT2D eigenvalue weighted by Gasteiger charge is 2.19. The van der Waals surface area contributed by atoms with Crippen LogP contribution in [0.1, 0.15) is 0 Å². The molecule has 0 aliphatic carbocycles. The van der Waals surface area contributed by atoms with Gasteiger partial charge in [-0.25, -0.2) is 4.98 Å². The maximum absolute atomic E-state index is 6.36. The average molecular weight is 695 g/mol. The zero-order valence-corrected chi connectivity index (χ0v) is 29.3. The van der Waals surface area contributed by atoms with Crippen LogP contribution in [0.5, 0.6) is 0 Å². The second-order valence-corrected chi connectivity index (χ2v) is 14.6. The van der Waals surface area contributed by atoms with Crippen molar-refractivity contribution in [1.82, 2.24) is 4.98 Å². The van der Waals surface area contributed by atoms with Crippen LogP contribution in [0.15, 0.2) is 186 Å². The highest BCUT2D eigenvalue weighted by atomic mass is 32.1. The van der Waals surface area contributed by atoms with Crippen molar-refractivity contribution in [3.05, 3.63) is 182 Å². The molecule has 3 aromatic heterocycles. The van der Waals surface area contributed by atoms with Crippen molar-refractivity contribution in [2.24, 2.45) is 0 Å². The smallest absolute Gasteiger partial charge is 0.137 e. The number of benzene rings is 8. The number of aromatic nitrogens is 1. The fraction of sp³-hybridized carbons (Fsp3) is 0. The number of anilines is 3. The van der Waals surface area contributed by atoms with Gasteiger partial charge in [-0.1, -0.05) is 121 Å².